The van der Waals surface area contributed by atoms with E-state index in [0.29, 0.717) is 35.7 Å². The molecule has 33 heavy (non-hydrogen) atoms. The van der Waals surface area contributed by atoms with E-state index in [4.69, 9.17) is 16.3 Å². The summed E-state index contributed by atoms with van der Waals surface area (Å²) in [4.78, 5) is 10.9. The van der Waals surface area contributed by atoms with Crippen LogP contribution in [0.2, 0.25) is 5.02 Å². The van der Waals surface area contributed by atoms with E-state index in [1.54, 1.807) is 30.8 Å². The van der Waals surface area contributed by atoms with Crippen molar-refractivity contribution in [1.82, 2.24) is 14.9 Å². The zero-order chi connectivity index (χ0) is 23.3. The number of methoxy groups -OCH3 is 1. The van der Waals surface area contributed by atoms with E-state index in [1.165, 1.54) is 0 Å². The van der Waals surface area contributed by atoms with Crippen LogP contribution in [0.5, 0.6) is 5.75 Å². The van der Waals surface area contributed by atoms with Gasteiger partial charge in [0.2, 0.25) is 0 Å². The lowest BCUT2D eigenvalue weighted by Gasteiger charge is -2.40. The van der Waals surface area contributed by atoms with Crippen molar-refractivity contribution in [2.24, 2.45) is 5.41 Å². The maximum absolute atomic E-state index is 11.1. The first-order valence-electron chi connectivity index (χ1n) is 11.1. The molecule has 3 aromatic rings. The third kappa shape index (κ3) is 5.65. The number of hydrogen-bond acceptors (Lipinski definition) is 7. The Hall–Kier alpha value is -2.21. The van der Waals surface area contributed by atoms with E-state index in [-0.39, 0.29) is 12.0 Å². The molecule has 1 aromatic carbocycles. The molecule has 0 spiro atoms. The topological polar surface area (TPSA) is 78.7 Å². The Balaban J connectivity index is 1.39. The summed E-state index contributed by atoms with van der Waals surface area (Å²) in [5.41, 5.74) is 1.23. The predicted octanol–water partition coefficient (Wildman–Crippen LogP) is 4.29. The number of fused-ring (bicyclic) bond motifs is 1. The third-order valence-electron chi connectivity index (χ3n) is 6.53. The van der Waals surface area contributed by atoms with Crippen LogP contribution in [0.4, 0.5) is 0 Å². The maximum atomic E-state index is 11.1. The van der Waals surface area contributed by atoms with Crippen molar-refractivity contribution in [3.8, 4) is 17.6 Å². The van der Waals surface area contributed by atoms with Crippen molar-refractivity contribution in [1.29, 1.82) is 0 Å². The molecule has 1 saturated heterocycles. The normalized spacial score (nSPS) is 16.8. The van der Waals surface area contributed by atoms with E-state index >= 15 is 0 Å². The fourth-order valence-electron chi connectivity index (χ4n) is 4.41. The zero-order valence-electron chi connectivity index (χ0n) is 18.6. The number of halogens is 1. The number of nitrogens with zero attached hydrogens (tertiary/aromatic N) is 3. The summed E-state index contributed by atoms with van der Waals surface area (Å²) in [6.07, 6.45) is 5.57. The molecule has 2 aromatic heterocycles. The van der Waals surface area contributed by atoms with E-state index in [9.17, 15) is 10.2 Å². The van der Waals surface area contributed by atoms with Gasteiger partial charge < -0.3 is 14.9 Å². The van der Waals surface area contributed by atoms with Crippen LogP contribution in [0.15, 0.2) is 36.0 Å². The number of hydrogen-bond donors (Lipinski definition) is 2. The second kappa shape index (κ2) is 10.8. The van der Waals surface area contributed by atoms with Gasteiger partial charge in [-0.05, 0) is 68.3 Å². The van der Waals surface area contributed by atoms with E-state index < -0.39 is 6.10 Å². The van der Waals surface area contributed by atoms with Crippen molar-refractivity contribution in [3.63, 3.8) is 0 Å². The molecular formula is C25H28ClN3O3S. The predicted molar refractivity (Wildman–Crippen MR) is 132 cm³/mol. The molecule has 6 nitrogen and oxygen atoms in total. The molecule has 1 atom stereocenters. The van der Waals surface area contributed by atoms with Crippen LogP contribution in [-0.4, -0.2) is 58.4 Å². The van der Waals surface area contributed by atoms with Gasteiger partial charge in [0.05, 0.1) is 30.3 Å². The van der Waals surface area contributed by atoms with Gasteiger partial charge in [0, 0.05) is 35.3 Å². The number of piperidine rings is 1. The van der Waals surface area contributed by atoms with Gasteiger partial charge in [-0.25, -0.2) is 4.98 Å². The van der Waals surface area contributed by atoms with E-state index in [1.807, 2.05) is 23.6 Å². The molecule has 1 fully saturated rings. The molecule has 0 bridgehead atoms. The Morgan fingerprint density at radius 1 is 1.30 bits per heavy atom. The van der Waals surface area contributed by atoms with Crippen molar-refractivity contribution in [3.05, 3.63) is 51.6 Å². The van der Waals surface area contributed by atoms with Gasteiger partial charge in [0.15, 0.2) is 5.01 Å². The first-order chi connectivity index (χ1) is 16.0. The highest BCUT2D eigenvalue weighted by Gasteiger charge is 2.34. The van der Waals surface area contributed by atoms with Gasteiger partial charge >= 0.3 is 0 Å². The van der Waals surface area contributed by atoms with Crippen molar-refractivity contribution in [2.45, 2.75) is 31.8 Å². The molecule has 0 aliphatic carbocycles. The zero-order valence-corrected chi connectivity index (χ0v) is 20.2. The summed E-state index contributed by atoms with van der Waals surface area (Å²) in [6.45, 7) is 2.56. The van der Waals surface area contributed by atoms with E-state index in [2.05, 4.69) is 26.7 Å². The molecule has 8 heteroatoms. The molecule has 3 heterocycles. The van der Waals surface area contributed by atoms with Crippen LogP contribution < -0.4 is 4.74 Å². The van der Waals surface area contributed by atoms with Crippen molar-refractivity contribution in [2.75, 3.05) is 33.4 Å². The summed E-state index contributed by atoms with van der Waals surface area (Å²) in [7, 11) is 1.61. The Kier molecular flexibility index (Phi) is 7.84. The van der Waals surface area contributed by atoms with Crippen LogP contribution in [0, 0.1) is 17.3 Å². The number of likely N-dealkylation sites (tertiary alicyclic amines) is 1. The summed E-state index contributed by atoms with van der Waals surface area (Å²) < 4.78 is 5.34. The summed E-state index contributed by atoms with van der Waals surface area (Å²) >= 11 is 8.00. The minimum absolute atomic E-state index is 0.108. The first-order valence-corrected chi connectivity index (χ1v) is 12.3. The molecule has 1 aliphatic heterocycles. The Bertz CT molecular complexity index is 1130. The number of pyridine rings is 1. The smallest absolute Gasteiger partial charge is 0.166 e. The van der Waals surface area contributed by atoms with Gasteiger partial charge in [-0.15, -0.1) is 11.3 Å². The van der Waals surface area contributed by atoms with Crippen LogP contribution in [0.25, 0.3) is 10.9 Å². The van der Waals surface area contributed by atoms with Crippen LogP contribution in [-0.2, 0) is 0 Å². The fourth-order valence-corrected chi connectivity index (χ4v) is 5.19. The van der Waals surface area contributed by atoms with Gasteiger partial charge in [-0.1, -0.05) is 17.5 Å². The molecule has 0 amide bonds. The van der Waals surface area contributed by atoms with Crippen LogP contribution in [0.1, 0.15) is 42.4 Å². The fraction of sp³-hybridized carbons (Fsp3) is 0.440. The number of aliphatic hydroxyl groups excluding tert-OH is 2. The number of aliphatic hydroxyl groups is 2. The molecular weight excluding hydrogens is 458 g/mol. The summed E-state index contributed by atoms with van der Waals surface area (Å²) in [6, 6.07) is 5.57. The van der Waals surface area contributed by atoms with Crippen molar-refractivity contribution < 1.29 is 14.9 Å². The first kappa shape index (κ1) is 23.9. The second-order valence-electron chi connectivity index (χ2n) is 8.53. The SMILES string of the molecule is COc1ccc2ncc(Cl)c(C(O)CCC3(CO)CCN(CC#Cc4nccs4)CC3)c2c1. The lowest BCUT2D eigenvalue weighted by molar-refractivity contribution is 0.0273. The third-order valence-corrected chi connectivity index (χ3v) is 7.52. The average Bonchev–Trinajstić information content (AvgIpc) is 3.36. The lowest BCUT2D eigenvalue weighted by atomic mass is 9.74. The average molecular weight is 486 g/mol. The van der Waals surface area contributed by atoms with Gasteiger partial charge in [-0.2, -0.15) is 0 Å². The monoisotopic (exact) mass is 485 g/mol. The maximum Gasteiger partial charge on any atom is 0.166 e. The highest BCUT2D eigenvalue weighted by molar-refractivity contribution is 7.10. The Labute approximate surface area is 203 Å². The molecule has 2 N–H and O–H groups in total. The number of thiazole rings is 1. The van der Waals surface area contributed by atoms with Gasteiger partial charge in [0.1, 0.15) is 5.75 Å². The molecule has 1 unspecified atom stereocenters. The largest absolute Gasteiger partial charge is 0.497 e. The van der Waals surface area contributed by atoms with E-state index in [0.717, 1.165) is 41.8 Å². The number of rotatable bonds is 7. The standard InChI is InChI=1S/C25H28ClN3O3S/c1-32-18-4-5-21-19(15-18)24(20(26)16-28-21)22(31)6-7-25(17-30)8-12-29(13-9-25)11-2-3-23-27-10-14-33-23/h4-5,10,14-16,22,30-31H,6-9,11-13,17H2,1H3. The molecule has 0 saturated carbocycles. The number of benzene rings is 1. The van der Waals surface area contributed by atoms with Crippen molar-refractivity contribution >= 4 is 33.8 Å². The van der Waals surface area contributed by atoms with Crippen LogP contribution in [0.3, 0.4) is 0 Å². The Morgan fingerprint density at radius 2 is 2.12 bits per heavy atom. The minimum atomic E-state index is -0.749. The number of ether oxygens (including phenoxy) is 1. The molecule has 174 valence electrons. The van der Waals surface area contributed by atoms with Gasteiger partial charge in [0.25, 0.3) is 0 Å². The Morgan fingerprint density at radius 3 is 2.82 bits per heavy atom. The minimum Gasteiger partial charge on any atom is -0.497 e. The molecule has 0 radical (unpaired) electrons. The summed E-state index contributed by atoms with van der Waals surface area (Å²) in [5, 5.41) is 25.3. The van der Waals surface area contributed by atoms with Crippen LogP contribution >= 0.6 is 22.9 Å². The highest BCUT2D eigenvalue weighted by atomic mass is 35.5. The number of aromatic nitrogens is 2. The summed E-state index contributed by atoms with van der Waals surface area (Å²) in [5.74, 6) is 6.99. The lowest BCUT2D eigenvalue weighted by Crippen LogP contribution is -2.42. The molecule has 4 rings (SSSR count). The molecule has 1 aliphatic rings. The second-order valence-corrected chi connectivity index (χ2v) is 9.83. The van der Waals surface area contributed by atoms with Gasteiger partial charge in [-0.3, -0.25) is 9.88 Å². The highest BCUT2D eigenvalue weighted by Crippen LogP contribution is 2.40. The quantitative estimate of drug-likeness (QED) is 0.486.